The highest BCUT2D eigenvalue weighted by Gasteiger charge is 2.18. The molecule has 6 heteroatoms. The summed E-state index contributed by atoms with van der Waals surface area (Å²) in [6.45, 7) is 4.63. The molecule has 108 valence electrons. The van der Waals surface area contributed by atoms with E-state index in [2.05, 4.69) is 21.0 Å². The first-order valence-electron chi connectivity index (χ1n) is 6.51. The minimum Gasteiger partial charge on any atom is -0.366 e. The van der Waals surface area contributed by atoms with E-state index in [1.807, 2.05) is 31.4 Å². The van der Waals surface area contributed by atoms with Gasteiger partial charge in [0.25, 0.3) is 5.91 Å². The first kappa shape index (κ1) is 14.0. The SMILES string of the molecule is Cc1nc(-c2cc(C(N)=O)c(C)n2Cc2cccs2)cs1. The van der Waals surface area contributed by atoms with Gasteiger partial charge in [-0.1, -0.05) is 6.07 Å². The molecule has 0 saturated carbocycles. The van der Waals surface area contributed by atoms with Crippen molar-refractivity contribution >= 4 is 28.6 Å². The second-order valence-corrected chi connectivity index (χ2v) is 6.90. The fourth-order valence-corrected chi connectivity index (χ4v) is 3.65. The van der Waals surface area contributed by atoms with E-state index in [-0.39, 0.29) is 0 Å². The summed E-state index contributed by atoms with van der Waals surface area (Å²) in [5.74, 6) is -0.398. The van der Waals surface area contributed by atoms with Crippen LogP contribution in [0.2, 0.25) is 0 Å². The molecule has 3 heterocycles. The normalized spacial score (nSPS) is 11.0. The standard InChI is InChI=1S/C15H15N3OS2/c1-9-12(15(16)19)6-14(13-8-21-10(2)17-13)18(9)7-11-4-3-5-20-11/h3-6,8H,7H2,1-2H3,(H2,16,19). The Bertz CT molecular complexity index is 784. The smallest absolute Gasteiger partial charge is 0.250 e. The zero-order valence-corrected chi connectivity index (χ0v) is 13.4. The Morgan fingerprint density at radius 2 is 2.19 bits per heavy atom. The zero-order valence-electron chi connectivity index (χ0n) is 11.8. The first-order chi connectivity index (χ1) is 10.1. The molecule has 2 N–H and O–H groups in total. The van der Waals surface area contributed by atoms with Crippen molar-refractivity contribution in [3.05, 3.63) is 50.1 Å². The Balaban J connectivity index is 2.13. The molecule has 0 aliphatic heterocycles. The van der Waals surface area contributed by atoms with E-state index in [0.717, 1.165) is 28.6 Å². The maximum absolute atomic E-state index is 11.6. The molecule has 1 amide bonds. The summed E-state index contributed by atoms with van der Waals surface area (Å²) in [4.78, 5) is 17.4. The van der Waals surface area contributed by atoms with Gasteiger partial charge in [0, 0.05) is 16.0 Å². The van der Waals surface area contributed by atoms with Crippen molar-refractivity contribution in [2.75, 3.05) is 0 Å². The summed E-state index contributed by atoms with van der Waals surface area (Å²) in [5, 5.41) is 5.07. The fraction of sp³-hybridized carbons (Fsp3) is 0.200. The lowest BCUT2D eigenvalue weighted by atomic mass is 10.2. The molecule has 3 rings (SSSR count). The van der Waals surface area contributed by atoms with Gasteiger partial charge in [0.05, 0.1) is 28.5 Å². The van der Waals surface area contributed by atoms with Crippen LogP contribution in [0.5, 0.6) is 0 Å². The first-order valence-corrected chi connectivity index (χ1v) is 8.27. The molecule has 3 aromatic heterocycles. The summed E-state index contributed by atoms with van der Waals surface area (Å²) in [6.07, 6.45) is 0. The van der Waals surface area contributed by atoms with Gasteiger partial charge in [-0.25, -0.2) is 4.98 Å². The van der Waals surface area contributed by atoms with Gasteiger partial charge in [-0.05, 0) is 31.4 Å². The van der Waals surface area contributed by atoms with E-state index in [9.17, 15) is 4.79 Å². The van der Waals surface area contributed by atoms with E-state index >= 15 is 0 Å². The van der Waals surface area contributed by atoms with Gasteiger partial charge < -0.3 is 10.3 Å². The number of thiazole rings is 1. The highest BCUT2D eigenvalue weighted by molar-refractivity contribution is 7.10. The van der Waals surface area contributed by atoms with Gasteiger partial charge in [0.15, 0.2) is 0 Å². The summed E-state index contributed by atoms with van der Waals surface area (Å²) in [5.41, 5.74) is 8.77. The van der Waals surface area contributed by atoms with Crippen molar-refractivity contribution in [2.24, 2.45) is 5.73 Å². The number of aromatic nitrogens is 2. The predicted molar refractivity (Wildman–Crippen MR) is 87.0 cm³/mol. The topological polar surface area (TPSA) is 60.9 Å². The van der Waals surface area contributed by atoms with Crippen molar-refractivity contribution < 1.29 is 4.79 Å². The van der Waals surface area contributed by atoms with Gasteiger partial charge >= 0.3 is 0 Å². The zero-order chi connectivity index (χ0) is 15.0. The van der Waals surface area contributed by atoms with Gasteiger partial charge in [0.1, 0.15) is 0 Å². The monoisotopic (exact) mass is 317 g/mol. The molecule has 0 radical (unpaired) electrons. The minimum atomic E-state index is -0.398. The van der Waals surface area contributed by atoms with E-state index in [1.54, 1.807) is 22.7 Å². The predicted octanol–water partition coefficient (Wildman–Crippen LogP) is 3.44. The van der Waals surface area contributed by atoms with Crippen LogP contribution in [0, 0.1) is 13.8 Å². The van der Waals surface area contributed by atoms with Crippen molar-refractivity contribution in [3.8, 4) is 11.4 Å². The molecule has 0 spiro atoms. The number of carbonyl (C=O) groups is 1. The molecule has 0 saturated heterocycles. The molecule has 3 aromatic rings. The molecule has 0 atom stereocenters. The number of nitrogens with two attached hydrogens (primary N) is 1. The second-order valence-electron chi connectivity index (χ2n) is 4.81. The number of aryl methyl sites for hydroxylation is 1. The van der Waals surface area contributed by atoms with Crippen LogP contribution in [0.4, 0.5) is 0 Å². The summed E-state index contributed by atoms with van der Waals surface area (Å²) in [7, 11) is 0. The number of amides is 1. The van der Waals surface area contributed by atoms with Crippen LogP contribution < -0.4 is 5.73 Å². The fourth-order valence-electron chi connectivity index (χ4n) is 2.35. The average Bonchev–Trinajstić information content (AvgIpc) is 3.13. The highest BCUT2D eigenvalue weighted by atomic mass is 32.1. The van der Waals surface area contributed by atoms with E-state index < -0.39 is 5.91 Å². The van der Waals surface area contributed by atoms with Crippen molar-refractivity contribution in [1.82, 2.24) is 9.55 Å². The lowest BCUT2D eigenvalue weighted by molar-refractivity contribution is 0.0999. The third-order valence-electron chi connectivity index (χ3n) is 3.41. The molecule has 0 bridgehead atoms. The number of hydrogen-bond donors (Lipinski definition) is 1. The quantitative estimate of drug-likeness (QED) is 0.801. The van der Waals surface area contributed by atoms with Crippen molar-refractivity contribution in [1.29, 1.82) is 0 Å². The van der Waals surface area contributed by atoms with Gasteiger partial charge in [-0.3, -0.25) is 4.79 Å². The molecular formula is C15H15N3OS2. The third kappa shape index (κ3) is 2.64. The van der Waals surface area contributed by atoms with Gasteiger partial charge in [0.2, 0.25) is 0 Å². The number of carbonyl (C=O) groups excluding carboxylic acids is 1. The van der Waals surface area contributed by atoms with Crippen LogP contribution in [0.25, 0.3) is 11.4 Å². The highest BCUT2D eigenvalue weighted by Crippen LogP contribution is 2.28. The number of thiophene rings is 1. The molecule has 0 unspecified atom stereocenters. The molecule has 0 aromatic carbocycles. The Morgan fingerprint density at radius 1 is 1.38 bits per heavy atom. The van der Waals surface area contributed by atoms with E-state index in [1.165, 1.54) is 4.88 Å². The lowest BCUT2D eigenvalue weighted by Crippen LogP contribution is -2.12. The average molecular weight is 317 g/mol. The van der Waals surface area contributed by atoms with Crippen LogP contribution in [-0.2, 0) is 6.54 Å². The number of hydrogen-bond acceptors (Lipinski definition) is 4. The van der Waals surface area contributed by atoms with Gasteiger partial charge in [-0.2, -0.15) is 0 Å². The number of primary amides is 1. The van der Waals surface area contributed by atoms with Crippen molar-refractivity contribution in [2.45, 2.75) is 20.4 Å². The van der Waals surface area contributed by atoms with E-state index in [4.69, 9.17) is 5.73 Å². The van der Waals surface area contributed by atoms with Crippen molar-refractivity contribution in [3.63, 3.8) is 0 Å². The maximum Gasteiger partial charge on any atom is 0.250 e. The Morgan fingerprint density at radius 3 is 2.76 bits per heavy atom. The number of nitrogens with zero attached hydrogens (tertiary/aromatic N) is 2. The Labute approximate surface area is 130 Å². The second kappa shape index (κ2) is 5.46. The van der Waals surface area contributed by atoms with Gasteiger partial charge in [-0.15, -0.1) is 22.7 Å². The van der Waals surface area contributed by atoms with Crippen LogP contribution in [-0.4, -0.2) is 15.5 Å². The Hall–Kier alpha value is -1.92. The summed E-state index contributed by atoms with van der Waals surface area (Å²) in [6, 6.07) is 5.96. The number of rotatable bonds is 4. The van der Waals surface area contributed by atoms with Crippen LogP contribution >= 0.6 is 22.7 Å². The summed E-state index contributed by atoms with van der Waals surface area (Å²) < 4.78 is 2.11. The van der Waals surface area contributed by atoms with E-state index in [0.29, 0.717) is 5.56 Å². The lowest BCUT2D eigenvalue weighted by Gasteiger charge is -2.09. The van der Waals surface area contributed by atoms with Crippen LogP contribution in [0.15, 0.2) is 29.0 Å². The molecule has 0 aliphatic rings. The third-order valence-corrected chi connectivity index (χ3v) is 5.04. The summed E-state index contributed by atoms with van der Waals surface area (Å²) >= 11 is 3.30. The minimum absolute atomic E-state index is 0.398. The largest absolute Gasteiger partial charge is 0.366 e. The molecule has 0 aliphatic carbocycles. The molecular weight excluding hydrogens is 302 g/mol. The van der Waals surface area contributed by atoms with Crippen LogP contribution in [0.3, 0.4) is 0 Å². The van der Waals surface area contributed by atoms with Crippen LogP contribution in [0.1, 0.15) is 25.9 Å². The Kier molecular flexibility index (Phi) is 3.65. The molecule has 4 nitrogen and oxygen atoms in total. The maximum atomic E-state index is 11.6. The molecule has 0 fully saturated rings. The molecule has 21 heavy (non-hydrogen) atoms.